The molecule has 0 spiro atoms. The second-order valence-corrected chi connectivity index (χ2v) is 5.31. The van der Waals surface area contributed by atoms with Crippen molar-refractivity contribution < 1.29 is 0 Å². The molecule has 1 unspecified atom stereocenters. The van der Waals surface area contributed by atoms with Crippen molar-refractivity contribution in [3.05, 3.63) is 12.7 Å². The third kappa shape index (κ3) is 3.32. The molecule has 0 radical (unpaired) electrons. The first-order chi connectivity index (χ1) is 8.21. The lowest BCUT2D eigenvalue weighted by Crippen LogP contribution is -2.58. The Hall–Kier alpha value is -0.340. The van der Waals surface area contributed by atoms with E-state index in [0.717, 1.165) is 25.9 Å². The molecule has 1 aliphatic carbocycles. The van der Waals surface area contributed by atoms with Gasteiger partial charge in [0.2, 0.25) is 0 Å². The minimum absolute atomic E-state index is 0.296. The van der Waals surface area contributed by atoms with Crippen LogP contribution in [0.1, 0.15) is 58.8 Å². The summed E-state index contributed by atoms with van der Waals surface area (Å²) in [6, 6.07) is 0.338. The van der Waals surface area contributed by atoms with Crippen molar-refractivity contribution in [3.8, 4) is 0 Å². The number of allylic oxidation sites excluding steroid dienone is 1. The molecule has 1 atom stereocenters. The number of rotatable bonds is 8. The van der Waals surface area contributed by atoms with Crippen LogP contribution in [0.15, 0.2) is 12.7 Å². The molecule has 0 saturated heterocycles. The summed E-state index contributed by atoms with van der Waals surface area (Å²) in [6.45, 7) is 10.6. The second-order valence-electron chi connectivity index (χ2n) is 5.31. The van der Waals surface area contributed by atoms with Crippen molar-refractivity contribution in [1.82, 2.24) is 4.90 Å². The minimum atomic E-state index is 0.296. The molecule has 2 nitrogen and oxygen atoms in total. The SMILES string of the molecule is C=CCCCC(N)C1(N(CC)CC)CCCC1. The molecule has 0 aromatic carbocycles. The number of hydrogen-bond acceptors (Lipinski definition) is 2. The maximum absolute atomic E-state index is 6.53. The normalized spacial score (nSPS) is 20.7. The van der Waals surface area contributed by atoms with Crippen molar-refractivity contribution in [2.45, 2.75) is 70.4 Å². The summed E-state index contributed by atoms with van der Waals surface area (Å²) in [5.41, 5.74) is 6.83. The van der Waals surface area contributed by atoms with E-state index >= 15 is 0 Å². The summed E-state index contributed by atoms with van der Waals surface area (Å²) in [6.07, 6.45) is 10.7. The molecule has 17 heavy (non-hydrogen) atoms. The van der Waals surface area contributed by atoms with Crippen LogP contribution in [0.5, 0.6) is 0 Å². The van der Waals surface area contributed by atoms with Gasteiger partial charge in [0.05, 0.1) is 0 Å². The van der Waals surface area contributed by atoms with Crippen LogP contribution in [-0.2, 0) is 0 Å². The zero-order valence-electron chi connectivity index (χ0n) is 11.8. The lowest BCUT2D eigenvalue weighted by molar-refractivity contribution is 0.0735. The van der Waals surface area contributed by atoms with E-state index < -0.39 is 0 Å². The van der Waals surface area contributed by atoms with Crippen LogP contribution in [0.2, 0.25) is 0 Å². The number of unbranched alkanes of at least 4 members (excludes halogenated alkanes) is 1. The third-order valence-corrected chi connectivity index (χ3v) is 4.48. The minimum Gasteiger partial charge on any atom is -0.326 e. The zero-order valence-corrected chi connectivity index (χ0v) is 11.8. The molecule has 2 heteroatoms. The Morgan fingerprint density at radius 3 is 2.35 bits per heavy atom. The van der Waals surface area contributed by atoms with E-state index in [9.17, 15) is 0 Å². The molecule has 0 heterocycles. The van der Waals surface area contributed by atoms with E-state index in [1.807, 2.05) is 6.08 Å². The summed E-state index contributed by atoms with van der Waals surface area (Å²) in [5.74, 6) is 0. The molecule has 0 aromatic rings. The van der Waals surface area contributed by atoms with E-state index in [1.165, 1.54) is 32.1 Å². The van der Waals surface area contributed by atoms with E-state index in [-0.39, 0.29) is 0 Å². The number of likely N-dealkylation sites (N-methyl/N-ethyl adjacent to an activating group) is 1. The summed E-state index contributed by atoms with van der Waals surface area (Å²) >= 11 is 0. The van der Waals surface area contributed by atoms with Gasteiger partial charge in [-0.3, -0.25) is 4.90 Å². The average Bonchev–Trinajstić information content (AvgIpc) is 2.81. The Balaban J connectivity index is 2.65. The highest BCUT2D eigenvalue weighted by Crippen LogP contribution is 2.38. The second kappa shape index (κ2) is 7.17. The summed E-state index contributed by atoms with van der Waals surface area (Å²) in [4.78, 5) is 2.61. The first-order valence-corrected chi connectivity index (χ1v) is 7.32. The Bertz CT molecular complexity index is 215. The maximum Gasteiger partial charge on any atom is 0.0360 e. The van der Waals surface area contributed by atoms with Gasteiger partial charge in [0.15, 0.2) is 0 Å². The zero-order chi connectivity index (χ0) is 12.7. The van der Waals surface area contributed by atoms with Crippen LogP contribution in [0.25, 0.3) is 0 Å². The molecular weight excluding hydrogens is 208 g/mol. The van der Waals surface area contributed by atoms with Gasteiger partial charge in [0.1, 0.15) is 0 Å². The monoisotopic (exact) mass is 238 g/mol. The van der Waals surface area contributed by atoms with E-state index in [0.29, 0.717) is 11.6 Å². The smallest absolute Gasteiger partial charge is 0.0360 e. The molecule has 0 amide bonds. The van der Waals surface area contributed by atoms with E-state index in [1.54, 1.807) is 0 Å². The molecule has 1 fully saturated rings. The van der Waals surface area contributed by atoms with Crippen molar-refractivity contribution in [1.29, 1.82) is 0 Å². The van der Waals surface area contributed by atoms with Crippen LogP contribution in [0.4, 0.5) is 0 Å². The topological polar surface area (TPSA) is 29.3 Å². The van der Waals surface area contributed by atoms with Gasteiger partial charge >= 0.3 is 0 Å². The number of hydrogen-bond donors (Lipinski definition) is 1. The Morgan fingerprint density at radius 2 is 1.88 bits per heavy atom. The largest absolute Gasteiger partial charge is 0.326 e. The van der Waals surface area contributed by atoms with Crippen LogP contribution in [0.3, 0.4) is 0 Å². The highest BCUT2D eigenvalue weighted by Gasteiger charge is 2.42. The summed E-state index contributed by atoms with van der Waals surface area (Å²) in [7, 11) is 0. The van der Waals surface area contributed by atoms with Gasteiger partial charge in [-0.25, -0.2) is 0 Å². The van der Waals surface area contributed by atoms with Crippen molar-refractivity contribution >= 4 is 0 Å². The van der Waals surface area contributed by atoms with Crippen LogP contribution in [-0.4, -0.2) is 29.6 Å². The summed E-state index contributed by atoms with van der Waals surface area (Å²) < 4.78 is 0. The van der Waals surface area contributed by atoms with Gasteiger partial charge < -0.3 is 5.73 Å². The van der Waals surface area contributed by atoms with E-state index in [4.69, 9.17) is 5.73 Å². The van der Waals surface area contributed by atoms with Gasteiger partial charge in [-0.05, 0) is 45.2 Å². The van der Waals surface area contributed by atoms with Gasteiger partial charge in [-0.1, -0.05) is 32.8 Å². The van der Waals surface area contributed by atoms with Crippen LogP contribution >= 0.6 is 0 Å². The molecule has 1 saturated carbocycles. The quantitative estimate of drug-likeness (QED) is 0.519. The fourth-order valence-electron chi connectivity index (χ4n) is 3.51. The molecule has 0 aromatic heterocycles. The predicted octanol–water partition coefficient (Wildman–Crippen LogP) is 3.32. The first-order valence-electron chi connectivity index (χ1n) is 7.32. The number of nitrogens with zero attached hydrogens (tertiary/aromatic N) is 1. The molecule has 0 aliphatic heterocycles. The molecule has 1 rings (SSSR count). The lowest BCUT2D eigenvalue weighted by atomic mass is 9.83. The Morgan fingerprint density at radius 1 is 1.29 bits per heavy atom. The van der Waals surface area contributed by atoms with Gasteiger partial charge in [0, 0.05) is 11.6 Å². The molecular formula is C15H30N2. The fraction of sp³-hybridized carbons (Fsp3) is 0.867. The fourth-order valence-corrected chi connectivity index (χ4v) is 3.51. The van der Waals surface area contributed by atoms with Crippen molar-refractivity contribution in [3.63, 3.8) is 0 Å². The van der Waals surface area contributed by atoms with Crippen LogP contribution in [0, 0.1) is 0 Å². The molecule has 2 N–H and O–H groups in total. The molecule has 100 valence electrons. The Kier molecular flexibility index (Phi) is 6.21. The van der Waals surface area contributed by atoms with Crippen molar-refractivity contribution in [2.75, 3.05) is 13.1 Å². The van der Waals surface area contributed by atoms with Gasteiger partial charge in [-0.15, -0.1) is 6.58 Å². The summed E-state index contributed by atoms with van der Waals surface area (Å²) in [5, 5.41) is 0. The average molecular weight is 238 g/mol. The van der Waals surface area contributed by atoms with E-state index in [2.05, 4.69) is 25.3 Å². The maximum atomic E-state index is 6.53. The predicted molar refractivity (Wildman–Crippen MR) is 76.1 cm³/mol. The lowest BCUT2D eigenvalue weighted by Gasteiger charge is -2.45. The highest BCUT2D eigenvalue weighted by molar-refractivity contribution is 5.02. The van der Waals surface area contributed by atoms with Gasteiger partial charge in [0.25, 0.3) is 0 Å². The highest BCUT2D eigenvalue weighted by atomic mass is 15.2. The molecule has 0 bridgehead atoms. The number of nitrogens with two attached hydrogens (primary N) is 1. The standard InChI is InChI=1S/C15H30N2/c1-4-7-8-11-14(16)15(12-9-10-13-15)17(5-2)6-3/h4,14H,1,5-13,16H2,2-3H3. The van der Waals surface area contributed by atoms with Gasteiger partial charge in [-0.2, -0.15) is 0 Å². The molecule has 1 aliphatic rings. The first kappa shape index (κ1) is 14.7. The van der Waals surface area contributed by atoms with Crippen molar-refractivity contribution in [2.24, 2.45) is 5.73 Å². The third-order valence-electron chi connectivity index (χ3n) is 4.48. The van der Waals surface area contributed by atoms with Crippen LogP contribution < -0.4 is 5.73 Å². The Labute approximate surface area is 107 Å².